The van der Waals surface area contributed by atoms with Gasteiger partial charge in [0.2, 0.25) is 0 Å². The zero-order valence-electron chi connectivity index (χ0n) is 15.7. The predicted octanol–water partition coefficient (Wildman–Crippen LogP) is 4.84. The molecule has 1 aromatic carbocycles. The highest BCUT2D eigenvalue weighted by atomic mass is 16.6. The number of hydrogen-bond acceptors (Lipinski definition) is 4. The maximum atomic E-state index is 12.1. The van der Waals surface area contributed by atoms with Crippen LogP contribution in [0.25, 0.3) is 0 Å². The molecular weight excluding hydrogens is 316 g/mol. The molecule has 0 aromatic heterocycles. The minimum atomic E-state index is -0.430. The fraction of sp³-hybridized carbons (Fsp3) is 0.619. The van der Waals surface area contributed by atoms with Gasteiger partial charge in [0.15, 0.2) is 0 Å². The van der Waals surface area contributed by atoms with Gasteiger partial charge in [-0.2, -0.15) is 0 Å². The topological polar surface area (TPSA) is 52.6 Å². The molecule has 0 saturated heterocycles. The minimum absolute atomic E-state index is 0.0576. The smallest absolute Gasteiger partial charge is 0.314 e. The summed E-state index contributed by atoms with van der Waals surface area (Å²) in [6, 6.07) is 7.59. The lowest BCUT2D eigenvalue weighted by atomic mass is 9.89. The summed E-state index contributed by atoms with van der Waals surface area (Å²) in [5.41, 5.74) is 0.696. The van der Waals surface area contributed by atoms with Crippen LogP contribution in [-0.4, -0.2) is 17.5 Å². The van der Waals surface area contributed by atoms with Crippen LogP contribution in [0.3, 0.4) is 0 Å². The van der Waals surface area contributed by atoms with Gasteiger partial charge in [0.1, 0.15) is 11.4 Å². The lowest BCUT2D eigenvalue weighted by molar-refractivity contribution is -0.154. The Labute approximate surface area is 150 Å². The molecule has 1 fully saturated rings. The van der Waals surface area contributed by atoms with Gasteiger partial charge in [0, 0.05) is 6.42 Å². The Morgan fingerprint density at radius 3 is 2.28 bits per heavy atom. The summed E-state index contributed by atoms with van der Waals surface area (Å²) in [7, 11) is 0. The van der Waals surface area contributed by atoms with Crippen molar-refractivity contribution in [1.29, 1.82) is 0 Å². The number of hydrogen-bond donors (Lipinski definition) is 0. The first-order chi connectivity index (χ1) is 11.8. The van der Waals surface area contributed by atoms with Crippen molar-refractivity contribution in [2.45, 2.75) is 77.7 Å². The Morgan fingerprint density at radius 2 is 1.68 bits per heavy atom. The van der Waals surface area contributed by atoms with Crippen LogP contribution >= 0.6 is 0 Å². The van der Waals surface area contributed by atoms with Gasteiger partial charge < -0.3 is 9.47 Å². The van der Waals surface area contributed by atoms with Crippen LogP contribution in [-0.2, 0) is 20.7 Å². The molecule has 4 nitrogen and oxygen atoms in total. The highest BCUT2D eigenvalue weighted by molar-refractivity contribution is 5.75. The molecule has 25 heavy (non-hydrogen) atoms. The van der Waals surface area contributed by atoms with E-state index in [1.807, 2.05) is 45.0 Å². The summed E-state index contributed by atoms with van der Waals surface area (Å²) < 4.78 is 10.8. The number of benzene rings is 1. The molecule has 138 valence electrons. The third-order valence-corrected chi connectivity index (χ3v) is 4.35. The molecule has 0 spiro atoms. The van der Waals surface area contributed by atoms with E-state index in [2.05, 4.69) is 0 Å². The van der Waals surface area contributed by atoms with E-state index in [1.54, 1.807) is 0 Å². The van der Waals surface area contributed by atoms with E-state index in [1.165, 1.54) is 6.42 Å². The largest absolute Gasteiger partial charge is 0.460 e. The standard InChI is InChI=1S/C21H30O4/c1-21(2,3)25-19(22)11-7-8-16-12-14-18(15-13-16)24-20(23)17-9-5-4-6-10-17/h12-15,17H,4-11H2,1-3H3. The van der Waals surface area contributed by atoms with Crippen LogP contribution in [0.2, 0.25) is 0 Å². The van der Waals surface area contributed by atoms with Gasteiger partial charge >= 0.3 is 11.9 Å². The van der Waals surface area contributed by atoms with Crippen molar-refractivity contribution in [2.75, 3.05) is 0 Å². The molecule has 0 N–H and O–H groups in total. The Morgan fingerprint density at radius 1 is 1.04 bits per heavy atom. The van der Waals surface area contributed by atoms with Crippen molar-refractivity contribution < 1.29 is 19.1 Å². The SMILES string of the molecule is CC(C)(C)OC(=O)CCCc1ccc(OC(=O)C2CCCCC2)cc1. The number of esters is 2. The van der Waals surface area contributed by atoms with Crippen molar-refractivity contribution in [1.82, 2.24) is 0 Å². The van der Waals surface area contributed by atoms with Gasteiger partial charge in [0.05, 0.1) is 5.92 Å². The van der Waals surface area contributed by atoms with Gasteiger partial charge in [0.25, 0.3) is 0 Å². The monoisotopic (exact) mass is 346 g/mol. The van der Waals surface area contributed by atoms with Crippen LogP contribution in [0.5, 0.6) is 5.75 Å². The molecule has 0 atom stereocenters. The first-order valence-electron chi connectivity index (χ1n) is 9.36. The second-order valence-electron chi connectivity index (χ2n) is 7.84. The van der Waals surface area contributed by atoms with E-state index in [0.717, 1.165) is 44.1 Å². The summed E-state index contributed by atoms with van der Waals surface area (Å²) in [5, 5.41) is 0. The molecule has 1 aliphatic rings. The highest BCUT2D eigenvalue weighted by Crippen LogP contribution is 2.25. The average Bonchev–Trinajstić information content (AvgIpc) is 2.55. The van der Waals surface area contributed by atoms with Gasteiger partial charge in [-0.05, 0) is 64.2 Å². The second kappa shape index (κ2) is 9.02. The molecular formula is C21H30O4. The molecule has 0 aliphatic heterocycles. The third-order valence-electron chi connectivity index (χ3n) is 4.35. The molecule has 0 radical (unpaired) electrons. The zero-order valence-corrected chi connectivity index (χ0v) is 15.7. The van der Waals surface area contributed by atoms with Crippen molar-refractivity contribution in [3.8, 4) is 5.75 Å². The van der Waals surface area contributed by atoms with Crippen LogP contribution in [0.4, 0.5) is 0 Å². The van der Waals surface area contributed by atoms with Crippen molar-refractivity contribution >= 4 is 11.9 Å². The quantitative estimate of drug-likeness (QED) is 0.546. The van der Waals surface area contributed by atoms with Gasteiger partial charge in [-0.1, -0.05) is 31.4 Å². The number of ether oxygens (including phenoxy) is 2. The molecule has 1 saturated carbocycles. The van der Waals surface area contributed by atoms with E-state index < -0.39 is 5.60 Å². The predicted molar refractivity (Wildman–Crippen MR) is 97.4 cm³/mol. The maximum Gasteiger partial charge on any atom is 0.314 e. The fourth-order valence-corrected chi connectivity index (χ4v) is 3.09. The zero-order chi connectivity index (χ0) is 18.3. The van der Waals surface area contributed by atoms with Crippen LogP contribution in [0.1, 0.15) is 71.3 Å². The lowest BCUT2D eigenvalue weighted by Crippen LogP contribution is -2.23. The Balaban J connectivity index is 1.74. The van der Waals surface area contributed by atoms with E-state index in [9.17, 15) is 9.59 Å². The summed E-state index contributed by atoms with van der Waals surface area (Å²) in [5.74, 6) is 0.400. The molecule has 1 aromatic rings. The lowest BCUT2D eigenvalue weighted by Gasteiger charge is -2.19. The van der Waals surface area contributed by atoms with Crippen molar-refractivity contribution in [2.24, 2.45) is 5.92 Å². The Kier molecular flexibility index (Phi) is 7.03. The number of carbonyl (C=O) groups is 2. The van der Waals surface area contributed by atoms with Crippen LogP contribution in [0, 0.1) is 5.92 Å². The average molecular weight is 346 g/mol. The van der Waals surface area contributed by atoms with Gasteiger partial charge in [-0.15, -0.1) is 0 Å². The summed E-state index contributed by atoms with van der Waals surface area (Å²) >= 11 is 0. The van der Waals surface area contributed by atoms with E-state index in [-0.39, 0.29) is 17.9 Å². The molecule has 0 unspecified atom stereocenters. The number of aryl methyl sites for hydroxylation is 1. The maximum absolute atomic E-state index is 12.1. The van der Waals surface area contributed by atoms with Crippen molar-refractivity contribution in [3.05, 3.63) is 29.8 Å². The van der Waals surface area contributed by atoms with Crippen LogP contribution < -0.4 is 4.74 Å². The Bertz CT molecular complexity index is 563. The molecule has 0 heterocycles. The minimum Gasteiger partial charge on any atom is -0.460 e. The Hall–Kier alpha value is -1.84. The molecule has 0 bridgehead atoms. The van der Waals surface area contributed by atoms with Gasteiger partial charge in [-0.25, -0.2) is 0 Å². The summed E-state index contributed by atoms with van der Waals surface area (Å²) in [4.78, 5) is 23.8. The van der Waals surface area contributed by atoms with E-state index in [4.69, 9.17) is 9.47 Å². The molecule has 2 rings (SSSR count). The number of carbonyl (C=O) groups excluding carboxylic acids is 2. The fourth-order valence-electron chi connectivity index (χ4n) is 3.09. The molecule has 1 aliphatic carbocycles. The summed E-state index contributed by atoms with van der Waals surface area (Å²) in [6.45, 7) is 5.62. The second-order valence-corrected chi connectivity index (χ2v) is 7.84. The first kappa shape index (κ1) is 19.5. The first-order valence-corrected chi connectivity index (χ1v) is 9.36. The molecule has 4 heteroatoms. The van der Waals surface area contributed by atoms with Gasteiger partial charge in [-0.3, -0.25) is 9.59 Å². The van der Waals surface area contributed by atoms with Crippen molar-refractivity contribution in [3.63, 3.8) is 0 Å². The van der Waals surface area contributed by atoms with E-state index >= 15 is 0 Å². The van der Waals surface area contributed by atoms with Crippen LogP contribution in [0.15, 0.2) is 24.3 Å². The highest BCUT2D eigenvalue weighted by Gasteiger charge is 2.22. The summed E-state index contributed by atoms with van der Waals surface area (Å²) in [6.07, 6.45) is 7.32. The molecule has 0 amide bonds. The normalized spacial score (nSPS) is 15.6. The number of rotatable bonds is 6. The van der Waals surface area contributed by atoms with E-state index in [0.29, 0.717) is 12.2 Å². The third kappa shape index (κ3) is 7.29.